The highest BCUT2D eigenvalue weighted by molar-refractivity contribution is 8.00. The first-order chi connectivity index (χ1) is 9.63. The molecular weight excluding hydrogens is 270 g/mol. The van der Waals surface area contributed by atoms with Crippen LogP contribution in [0.3, 0.4) is 0 Å². The van der Waals surface area contributed by atoms with Gasteiger partial charge >= 0.3 is 0 Å². The first kappa shape index (κ1) is 15.2. The first-order valence-corrected chi connectivity index (χ1v) is 8.31. The fourth-order valence-electron chi connectivity index (χ4n) is 2.26. The summed E-state index contributed by atoms with van der Waals surface area (Å²) in [5.41, 5.74) is 0.679. The Morgan fingerprint density at radius 2 is 2.30 bits per heavy atom. The van der Waals surface area contributed by atoms with Crippen molar-refractivity contribution in [3.05, 3.63) is 23.9 Å². The average molecular weight is 293 g/mol. The number of carbonyl (C=O) groups excluding carboxylic acids is 1. The minimum atomic E-state index is 0.0965. The molecule has 0 bridgehead atoms. The van der Waals surface area contributed by atoms with Gasteiger partial charge in [-0.05, 0) is 25.5 Å². The van der Waals surface area contributed by atoms with Gasteiger partial charge in [0, 0.05) is 36.3 Å². The van der Waals surface area contributed by atoms with E-state index in [9.17, 15) is 4.79 Å². The summed E-state index contributed by atoms with van der Waals surface area (Å²) in [5, 5.41) is 3.71. The molecule has 2 rings (SSSR count). The number of thioether (sulfide) groups is 1. The van der Waals surface area contributed by atoms with E-state index in [-0.39, 0.29) is 11.9 Å². The van der Waals surface area contributed by atoms with E-state index in [1.807, 2.05) is 28.8 Å². The summed E-state index contributed by atoms with van der Waals surface area (Å²) in [6.45, 7) is 8.15. The topological polar surface area (TPSA) is 45.2 Å². The molecule has 0 aromatic carbocycles. The lowest BCUT2D eigenvalue weighted by Gasteiger charge is -2.37. The number of aromatic nitrogens is 1. The molecule has 2 heterocycles. The third-order valence-electron chi connectivity index (χ3n) is 3.71. The quantitative estimate of drug-likeness (QED) is 0.927. The molecule has 4 nitrogen and oxygen atoms in total. The van der Waals surface area contributed by atoms with Gasteiger partial charge in [0.15, 0.2) is 0 Å². The zero-order valence-corrected chi connectivity index (χ0v) is 13.2. The first-order valence-electron chi connectivity index (χ1n) is 7.26. The van der Waals surface area contributed by atoms with E-state index in [0.29, 0.717) is 10.8 Å². The average Bonchev–Trinajstić information content (AvgIpc) is 2.48. The van der Waals surface area contributed by atoms with Crippen molar-refractivity contribution in [3.8, 4) is 0 Å². The molecular formula is C15H23N3OS. The second-order valence-electron chi connectivity index (χ2n) is 5.17. The van der Waals surface area contributed by atoms with Gasteiger partial charge in [-0.15, -0.1) is 0 Å². The SMILES string of the molecule is CCCNc1ccc(C(=O)N2CCSC(C)C2C)cn1. The summed E-state index contributed by atoms with van der Waals surface area (Å²) in [4.78, 5) is 18.8. The number of pyridine rings is 1. The summed E-state index contributed by atoms with van der Waals surface area (Å²) in [6.07, 6.45) is 2.74. The lowest BCUT2D eigenvalue weighted by Crippen LogP contribution is -2.47. The predicted octanol–water partition coefficient (Wildman–Crippen LogP) is 2.87. The summed E-state index contributed by atoms with van der Waals surface area (Å²) >= 11 is 1.93. The van der Waals surface area contributed by atoms with E-state index in [2.05, 4.69) is 31.1 Å². The Bertz CT molecular complexity index is 449. The molecule has 1 fully saturated rings. The number of nitrogens with one attached hydrogen (secondary N) is 1. The van der Waals surface area contributed by atoms with Gasteiger partial charge < -0.3 is 10.2 Å². The largest absolute Gasteiger partial charge is 0.370 e. The molecule has 0 spiro atoms. The molecule has 1 aromatic heterocycles. The minimum Gasteiger partial charge on any atom is -0.370 e. The van der Waals surface area contributed by atoms with Crippen molar-refractivity contribution in [2.45, 2.75) is 38.5 Å². The van der Waals surface area contributed by atoms with Crippen LogP contribution in [-0.2, 0) is 0 Å². The summed E-state index contributed by atoms with van der Waals surface area (Å²) in [7, 11) is 0. The number of rotatable bonds is 4. The minimum absolute atomic E-state index is 0.0965. The number of carbonyl (C=O) groups is 1. The van der Waals surface area contributed by atoms with E-state index >= 15 is 0 Å². The van der Waals surface area contributed by atoms with Gasteiger partial charge in [-0.25, -0.2) is 4.98 Å². The van der Waals surface area contributed by atoms with Crippen LogP contribution in [0.4, 0.5) is 5.82 Å². The zero-order chi connectivity index (χ0) is 14.5. The molecule has 0 saturated carbocycles. The molecule has 0 aliphatic carbocycles. The molecule has 1 amide bonds. The molecule has 1 aliphatic heterocycles. The van der Waals surface area contributed by atoms with Gasteiger partial charge in [0.2, 0.25) is 0 Å². The number of hydrogen-bond donors (Lipinski definition) is 1. The van der Waals surface area contributed by atoms with Crippen molar-refractivity contribution < 1.29 is 4.79 Å². The monoisotopic (exact) mass is 293 g/mol. The third-order valence-corrected chi connectivity index (χ3v) is 5.05. The Balaban J connectivity index is 2.05. The maximum Gasteiger partial charge on any atom is 0.255 e. The molecule has 1 N–H and O–H groups in total. The summed E-state index contributed by atoms with van der Waals surface area (Å²) in [6, 6.07) is 4.03. The predicted molar refractivity (Wildman–Crippen MR) is 85.4 cm³/mol. The summed E-state index contributed by atoms with van der Waals surface area (Å²) in [5.74, 6) is 1.94. The van der Waals surface area contributed by atoms with E-state index in [1.54, 1.807) is 6.20 Å². The molecule has 1 aromatic rings. The Hall–Kier alpha value is -1.23. The Morgan fingerprint density at radius 1 is 1.50 bits per heavy atom. The second-order valence-corrected chi connectivity index (χ2v) is 6.66. The molecule has 1 saturated heterocycles. The van der Waals surface area contributed by atoms with Crippen LogP contribution >= 0.6 is 11.8 Å². The number of hydrogen-bond acceptors (Lipinski definition) is 4. The Morgan fingerprint density at radius 3 is 2.95 bits per heavy atom. The number of nitrogens with zero attached hydrogens (tertiary/aromatic N) is 2. The van der Waals surface area contributed by atoms with Crippen LogP contribution in [0.5, 0.6) is 0 Å². The van der Waals surface area contributed by atoms with Gasteiger partial charge in [-0.2, -0.15) is 11.8 Å². The molecule has 2 atom stereocenters. The van der Waals surface area contributed by atoms with Crippen molar-refractivity contribution in [1.29, 1.82) is 0 Å². The summed E-state index contributed by atoms with van der Waals surface area (Å²) < 4.78 is 0. The van der Waals surface area contributed by atoms with Crippen molar-refractivity contribution >= 4 is 23.5 Å². The van der Waals surface area contributed by atoms with Gasteiger partial charge in [0.1, 0.15) is 5.82 Å². The molecule has 20 heavy (non-hydrogen) atoms. The number of amides is 1. The standard InChI is InChI=1S/C15H23N3OS/c1-4-7-16-14-6-5-13(10-17-14)15(19)18-8-9-20-12(3)11(18)2/h5-6,10-12H,4,7-9H2,1-3H3,(H,16,17). The van der Waals surface area contributed by atoms with Crippen LogP contribution in [0.25, 0.3) is 0 Å². The van der Waals surface area contributed by atoms with Crippen LogP contribution in [-0.4, -0.2) is 45.9 Å². The van der Waals surface area contributed by atoms with Crippen molar-refractivity contribution in [3.63, 3.8) is 0 Å². The normalized spacial score (nSPS) is 22.6. The lowest BCUT2D eigenvalue weighted by molar-refractivity contribution is 0.0698. The van der Waals surface area contributed by atoms with Gasteiger partial charge in [-0.3, -0.25) is 4.79 Å². The lowest BCUT2D eigenvalue weighted by atomic mass is 10.1. The van der Waals surface area contributed by atoms with Crippen molar-refractivity contribution in [2.24, 2.45) is 0 Å². The van der Waals surface area contributed by atoms with Crippen molar-refractivity contribution in [1.82, 2.24) is 9.88 Å². The number of anilines is 1. The highest BCUT2D eigenvalue weighted by Crippen LogP contribution is 2.25. The van der Waals surface area contributed by atoms with Crippen LogP contribution in [0.1, 0.15) is 37.6 Å². The zero-order valence-electron chi connectivity index (χ0n) is 12.4. The molecule has 0 radical (unpaired) electrons. The Labute approximate surface area is 125 Å². The van der Waals surface area contributed by atoms with Crippen molar-refractivity contribution in [2.75, 3.05) is 24.2 Å². The smallest absolute Gasteiger partial charge is 0.255 e. The van der Waals surface area contributed by atoms with Gasteiger partial charge in [0.05, 0.1) is 5.56 Å². The molecule has 5 heteroatoms. The van der Waals surface area contributed by atoms with Gasteiger partial charge in [0.25, 0.3) is 5.91 Å². The highest BCUT2D eigenvalue weighted by atomic mass is 32.2. The highest BCUT2D eigenvalue weighted by Gasteiger charge is 2.29. The van der Waals surface area contributed by atoms with Gasteiger partial charge in [-0.1, -0.05) is 13.8 Å². The Kier molecular flexibility index (Phi) is 5.29. The maximum absolute atomic E-state index is 12.5. The molecule has 2 unspecified atom stereocenters. The van der Waals surface area contributed by atoms with Crippen LogP contribution in [0, 0.1) is 0 Å². The van der Waals surface area contributed by atoms with Crippen LogP contribution in [0.15, 0.2) is 18.3 Å². The van der Waals surface area contributed by atoms with E-state index in [4.69, 9.17) is 0 Å². The van der Waals surface area contributed by atoms with Crippen LogP contribution < -0.4 is 5.32 Å². The molecule has 110 valence electrons. The van der Waals surface area contributed by atoms with E-state index < -0.39 is 0 Å². The van der Waals surface area contributed by atoms with Crippen LogP contribution in [0.2, 0.25) is 0 Å². The van der Waals surface area contributed by atoms with E-state index in [1.165, 1.54) is 0 Å². The fraction of sp³-hybridized carbons (Fsp3) is 0.600. The maximum atomic E-state index is 12.5. The third kappa shape index (κ3) is 3.45. The molecule has 1 aliphatic rings. The second kappa shape index (κ2) is 6.97. The fourth-order valence-corrected chi connectivity index (χ4v) is 3.36. The van der Waals surface area contributed by atoms with E-state index in [0.717, 1.165) is 31.1 Å².